The van der Waals surface area contributed by atoms with Crippen LogP contribution in [-0.4, -0.2) is 22.1 Å². The van der Waals surface area contributed by atoms with Crippen molar-refractivity contribution in [2.45, 2.75) is 31.7 Å². The summed E-state index contributed by atoms with van der Waals surface area (Å²) in [5, 5.41) is 12.4. The van der Waals surface area contributed by atoms with E-state index >= 15 is 0 Å². The van der Waals surface area contributed by atoms with Gasteiger partial charge in [0, 0.05) is 38.4 Å². The first kappa shape index (κ1) is 11.2. The molecule has 2 rings (SSSR count). The summed E-state index contributed by atoms with van der Waals surface area (Å²) in [7, 11) is 2.01. The largest absolute Gasteiger partial charge is 0.338 e. The molecule has 16 heavy (non-hydrogen) atoms. The first-order valence-electron chi connectivity index (χ1n) is 5.90. The van der Waals surface area contributed by atoms with Gasteiger partial charge in [-0.2, -0.15) is 5.26 Å². The molecule has 0 radical (unpaired) electrons. The third-order valence-corrected chi connectivity index (χ3v) is 3.36. The van der Waals surface area contributed by atoms with Gasteiger partial charge in [-0.1, -0.05) is 6.42 Å². The molecule has 1 aromatic heterocycles. The molecule has 86 valence electrons. The van der Waals surface area contributed by atoms with Crippen LogP contribution >= 0.6 is 0 Å². The van der Waals surface area contributed by atoms with Gasteiger partial charge >= 0.3 is 0 Å². The number of aromatic nitrogens is 2. The molecule has 0 aromatic carbocycles. The summed E-state index contributed by atoms with van der Waals surface area (Å²) >= 11 is 0. The van der Waals surface area contributed by atoms with E-state index in [1.165, 1.54) is 6.42 Å². The van der Waals surface area contributed by atoms with Gasteiger partial charge in [0.2, 0.25) is 0 Å². The van der Waals surface area contributed by atoms with Crippen LogP contribution in [-0.2, 0) is 13.5 Å². The zero-order valence-corrected chi connectivity index (χ0v) is 9.69. The van der Waals surface area contributed by atoms with Crippen molar-refractivity contribution < 1.29 is 0 Å². The molecule has 0 amide bonds. The highest BCUT2D eigenvalue weighted by molar-refractivity contribution is 4.97. The molecule has 1 aliphatic carbocycles. The SMILES string of the molecule is Cn1ccnc1CCNC1CCCC1C#N. The number of imidazole rings is 1. The molecule has 2 unspecified atom stereocenters. The molecule has 0 aliphatic heterocycles. The average molecular weight is 218 g/mol. The van der Waals surface area contributed by atoms with Crippen molar-refractivity contribution in [3.8, 4) is 6.07 Å². The van der Waals surface area contributed by atoms with E-state index in [0.717, 1.165) is 31.6 Å². The van der Waals surface area contributed by atoms with Gasteiger partial charge in [0.25, 0.3) is 0 Å². The summed E-state index contributed by atoms with van der Waals surface area (Å²) in [6, 6.07) is 2.78. The number of aryl methyl sites for hydroxylation is 1. The van der Waals surface area contributed by atoms with Crippen molar-refractivity contribution in [3.63, 3.8) is 0 Å². The van der Waals surface area contributed by atoms with E-state index in [1.54, 1.807) is 0 Å². The van der Waals surface area contributed by atoms with E-state index in [2.05, 4.69) is 16.4 Å². The minimum atomic E-state index is 0.210. The normalized spacial score (nSPS) is 24.5. The number of nitrogens with zero attached hydrogens (tertiary/aromatic N) is 3. The smallest absolute Gasteiger partial charge is 0.109 e. The van der Waals surface area contributed by atoms with Gasteiger partial charge in [-0.05, 0) is 12.8 Å². The Morgan fingerprint density at radius 2 is 2.50 bits per heavy atom. The van der Waals surface area contributed by atoms with Crippen molar-refractivity contribution >= 4 is 0 Å². The van der Waals surface area contributed by atoms with Crippen LogP contribution < -0.4 is 5.32 Å². The van der Waals surface area contributed by atoms with E-state index in [9.17, 15) is 0 Å². The maximum absolute atomic E-state index is 8.96. The summed E-state index contributed by atoms with van der Waals surface area (Å²) in [6.45, 7) is 0.910. The Hall–Kier alpha value is -1.34. The molecule has 1 aliphatic rings. The van der Waals surface area contributed by atoms with Crippen molar-refractivity contribution in [3.05, 3.63) is 18.2 Å². The zero-order valence-electron chi connectivity index (χ0n) is 9.69. The fourth-order valence-corrected chi connectivity index (χ4v) is 2.37. The summed E-state index contributed by atoms with van der Waals surface area (Å²) in [6.07, 6.45) is 8.08. The van der Waals surface area contributed by atoms with Crippen molar-refractivity contribution in [1.82, 2.24) is 14.9 Å². The van der Waals surface area contributed by atoms with Gasteiger partial charge in [-0.15, -0.1) is 0 Å². The standard InChI is InChI=1S/C12H18N4/c1-16-8-7-15-12(16)5-6-14-11-4-2-3-10(11)9-13/h7-8,10-11,14H,2-6H2,1H3. The van der Waals surface area contributed by atoms with E-state index in [0.29, 0.717) is 6.04 Å². The fraction of sp³-hybridized carbons (Fsp3) is 0.667. The van der Waals surface area contributed by atoms with Crippen LogP contribution in [0.5, 0.6) is 0 Å². The Balaban J connectivity index is 1.76. The van der Waals surface area contributed by atoms with Crippen molar-refractivity contribution in [1.29, 1.82) is 5.26 Å². The van der Waals surface area contributed by atoms with Crippen LogP contribution in [0.1, 0.15) is 25.1 Å². The number of nitriles is 1. The summed E-state index contributed by atoms with van der Waals surface area (Å²) in [5.41, 5.74) is 0. The Bertz CT molecular complexity index is 377. The predicted octanol–water partition coefficient (Wildman–Crippen LogP) is 1.24. The molecule has 1 fully saturated rings. The number of nitrogens with one attached hydrogen (secondary N) is 1. The average Bonchev–Trinajstić information content (AvgIpc) is 2.88. The summed E-state index contributed by atoms with van der Waals surface area (Å²) in [5.74, 6) is 1.31. The predicted molar refractivity (Wildman–Crippen MR) is 61.7 cm³/mol. The van der Waals surface area contributed by atoms with Gasteiger partial charge in [0.05, 0.1) is 12.0 Å². The Labute approximate surface area is 96.3 Å². The second kappa shape index (κ2) is 5.13. The molecule has 4 nitrogen and oxygen atoms in total. The highest BCUT2D eigenvalue weighted by atomic mass is 15.0. The van der Waals surface area contributed by atoms with Crippen LogP contribution in [0.2, 0.25) is 0 Å². The summed E-state index contributed by atoms with van der Waals surface area (Å²) in [4.78, 5) is 4.28. The summed E-state index contributed by atoms with van der Waals surface area (Å²) < 4.78 is 2.04. The molecular formula is C12H18N4. The lowest BCUT2D eigenvalue weighted by Crippen LogP contribution is -2.33. The molecule has 1 saturated carbocycles. The lowest BCUT2D eigenvalue weighted by atomic mass is 10.1. The van der Waals surface area contributed by atoms with E-state index < -0.39 is 0 Å². The van der Waals surface area contributed by atoms with Crippen molar-refractivity contribution in [2.24, 2.45) is 13.0 Å². The molecule has 0 bridgehead atoms. The zero-order chi connectivity index (χ0) is 11.4. The molecule has 1 aromatic rings. The highest BCUT2D eigenvalue weighted by Gasteiger charge is 2.26. The monoisotopic (exact) mass is 218 g/mol. The topological polar surface area (TPSA) is 53.6 Å². The van der Waals surface area contributed by atoms with Crippen LogP contribution in [0.25, 0.3) is 0 Å². The quantitative estimate of drug-likeness (QED) is 0.827. The van der Waals surface area contributed by atoms with Crippen LogP contribution in [0.4, 0.5) is 0 Å². The van der Waals surface area contributed by atoms with Gasteiger partial charge in [-0.3, -0.25) is 0 Å². The number of hydrogen-bond acceptors (Lipinski definition) is 3. The van der Waals surface area contributed by atoms with Crippen LogP contribution in [0, 0.1) is 17.2 Å². The first-order chi connectivity index (χ1) is 7.81. The van der Waals surface area contributed by atoms with E-state index in [1.807, 2.05) is 24.0 Å². The highest BCUT2D eigenvalue weighted by Crippen LogP contribution is 2.24. The Morgan fingerprint density at radius 1 is 1.62 bits per heavy atom. The minimum Gasteiger partial charge on any atom is -0.338 e. The van der Waals surface area contributed by atoms with Crippen LogP contribution in [0.3, 0.4) is 0 Å². The lowest BCUT2D eigenvalue weighted by molar-refractivity contribution is 0.464. The first-order valence-corrected chi connectivity index (χ1v) is 5.90. The molecule has 1 N–H and O–H groups in total. The van der Waals surface area contributed by atoms with E-state index in [-0.39, 0.29) is 5.92 Å². The third-order valence-electron chi connectivity index (χ3n) is 3.36. The lowest BCUT2D eigenvalue weighted by Gasteiger charge is -2.15. The van der Waals surface area contributed by atoms with Gasteiger partial charge in [0.15, 0.2) is 0 Å². The Kier molecular flexibility index (Phi) is 3.58. The minimum absolute atomic E-state index is 0.210. The van der Waals surface area contributed by atoms with Gasteiger partial charge < -0.3 is 9.88 Å². The van der Waals surface area contributed by atoms with Gasteiger partial charge in [0.1, 0.15) is 5.82 Å². The molecule has 4 heteroatoms. The maximum Gasteiger partial charge on any atom is 0.109 e. The Morgan fingerprint density at radius 3 is 3.19 bits per heavy atom. The molecule has 1 heterocycles. The number of hydrogen-bond donors (Lipinski definition) is 1. The van der Waals surface area contributed by atoms with E-state index in [4.69, 9.17) is 5.26 Å². The molecular weight excluding hydrogens is 200 g/mol. The molecule has 2 atom stereocenters. The second-order valence-electron chi connectivity index (χ2n) is 4.43. The fourth-order valence-electron chi connectivity index (χ4n) is 2.37. The molecule has 0 saturated heterocycles. The van der Waals surface area contributed by atoms with Gasteiger partial charge in [-0.25, -0.2) is 4.98 Å². The second-order valence-corrected chi connectivity index (χ2v) is 4.43. The molecule has 0 spiro atoms. The number of rotatable bonds is 4. The maximum atomic E-state index is 8.96. The third kappa shape index (κ3) is 2.42. The van der Waals surface area contributed by atoms with Crippen LogP contribution in [0.15, 0.2) is 12.4 Å². The van der Waals surface area contributed by atoms with Crippen molar-refractivity contribution in [2.75, 3.05) is 6.54 Å².